The Morgan fingerprint density at radius 1 is 1.24 bits per heavy atom. The predicted octanol–water partition coefficient (Wildman–Crippen LogP) is 3.14. The van der Waals surface area contributed by atoms with Crippen LogP contribution in [0.1, 0.15) is 32.3 Å². The number of rotatable bonds is 3. The van der Waals surface area contributed by atoms with E-state index in [1.54, 1.807) is 0 Å². The van der Waals surface area contributed by atoms with Crippen LogP contribution in [0.25, 0.3) is 0 Å². The normalized spacial score (nSPS) is 23.3. The van der Waals surface area contributed by atoms with Gasteiger partial charge in [-0.3, -0.25) is 4.99 Å². The Morgan fingerprint density at radius 2 is 1.96 bits per heavy atom. The summed E-state index contributed by atoms with van der Waals surface area (Å²) in [4.78, 5) is 6.99. The van der Waals surface area contributed by atoms with Crippen LogP contribution in [-0.4, -0.2) is 61.3 Å². The monoisotopic (exact) mass is 361 g/mol. The smallest absolute Gasteiger partial charge is 0.193 e. The summed E-state index contributed by atoms with van der Waals surface area (Å²) in [6, 6.07) is 10.9. The molecule has 4 nitrogen and oxygen atoms in total. The fraction of sp³-hybridized carbons (Fsp3) is 0.650. The van der Waals surface area contributed by atoms with Gasteiger partial charge >= 0.3 is 0 Å². The molecule has 0 unspecified atom stereocenters. The third kappa shape index (κ3) is 4.50. The van der Waals surface area contributed by atoms with Gasteiger partial charge in [0, 0.05) is 55.8 Å². The van der Waals surface area contributed by atoms with Crippen molar-refractivity contribution in [1.82, 2.24) is 10.2 Å². The molecule has 1 aromatic carbocycles. The number of guanidine groups is 1. The second-order valence-corrected chi connectivity index (χ2v) is 9.49. The van der Waals surface area contributed by atoms with Crippen molar-refractivity contribution in [2.24, 2.45) is 4.99 Å². The lowest BCUT2D eigenvalue weighted by Crippen LogP contribution is -2.54. The van der Waals surface area contributed by atoms with Gasteiger partial charge in [-0.25, -0.2) is 0 Å². The molecular formula is C20H31N3OS. The minimum atomic E-state index is 0.134. The maximum absolute atomic E-state index is 5.65. The molecule has 0 amide bonds. The highest BCUT2D eigenvalue weighted by atomic mass is 32.2. The van der Waals surface area contributed by atoms with Gasteiger partial charge in [0.1, 0.15) is 0 Å². The van der Waals surface area contributed by atoms with Crippen molar-refractivity contribution in [1.29, 1.82) is 0 Å². The van der Waals surface area contributed by atoms with Crippen molar-refractivity contribution >= 4 is 17.7 Å². The maximum Gasteiger partial charge on any atom is 0.193 e. The average molecular weight is 362 g/mol. The van der Waals surface area contributed by atoms with Crippen LogP contribution in [-0.2, 0) is 10.2 Å². The largest absolute Gasteiger partial charge is 0.381 e. The van der Waals surface area contributed by atoms with Crippen molar-refractivity contribution in [3.8, 4) is 0 Å². The first-order chi connectivity index (χ1) is 12.0. The molecular weight excluding hydrogens is 330 g/mol. The van der Waals surface area contributed by atoms with E-state index in [0.717, 1.165) is 57.4 Å². The summed E-state index contributed by atoms with van der Waals surface area (Å²) in [5.41, 5.74) is 1.55. The molecule has 0 aliphatic carbocycles. The van der Waals surface area contributed by atoms with Gasteiger partial charge in [-0.2, -0.15) is 11.8 Å². The summed E-state index contributed by atoms with van der Waals surface area (Å²) < 4.78 is 5.94. The van der Waals surface area contributed by atoms with Gasteiger partial charge in [-0.15, -0.1) is 0 Å². The fourth-order valence-corrected chi connectivity index (χ4v) is 5.01. The zero-order chi connectivity index (χ0) is 17.8. The molecule has 0 spiro atoms. The van der Waals surface area contributed by atoms with Crippen LogP contribution in [0, 0.1) is 0 Å². The first-order valence-electron chi connectivity index (χ1n) is 9.28. The molecule has 3 rings (SSSR count). The number of nitrogens with one attached hydrogen (secondary N) is 1. The summed E-state index contributed by atoms with van der Waals surface area (Å²) in [5, 5.41) is 3.70. The molecule has 1 aromatic rings. The maximum atomic E-state index is 5.65. The Morgan fingerprint density at radius 3 is 2.60 bits per heavy atom. The van der Waals surface area contributed by atoms with Crippen LogP contribution in [0.3, 0.4) is 0 Å². The first-order valence-corrected chi connectivity index (χ1v) is 10.3. The summed E-state index contributed by atoms with van der Waals surface area (Å²) in [7, 11) is 1.90. The Bertz CT molecular complexity index is 582. The van der Waals surface area contributed by atoms with Crippen molar-refractivity contribution in [2.75, 3.05) is 45.6 Å². The second-order valence-electron chi connectivity index (χ2n) is 7.69. The second kappa shape index (κ2) is 8.00. The number of hydrogen-bond donors (Lipinski definition) is 1. The molecule has 2 aliphatic heterocycles. The molecule has 0 atom stereocenters. The molecule has 0 saturated carbocycles. The Hall–Kier alpha value is -1.20. The summed E-state index contributed by atoms with van der Waals surface area (Å²) >= 11 is 2.05. The molecule has 1 N–H and O–H groups in total. The van der Waals surface area contributed by atoms with E-state index >= 15 is 0 Å². The molecule has 0 radical (unpaired) electrons. The highest BCUT2D eigenvalue weighted by Crippen LogP contribution is 2.34. The Labute approximate surface area is 156 Å². The van der Waals surface area contributed by atoms with Crippen molar-refractivity contribution in [3.05, 3.63) is 35.9 Å². The van der Waals surface area contributed by atoms with E-state index in [2.05, 4.69) is 71.2 Å². The topological polar surface area (TPSA) is 36.9 Å². The molecule has 2 saturated heterocycles. The fourth-order valence-electron chi connectivity index (χ4n) is 3.90. The minimum absolute atomic E-state index is 0.134. The number of benzene rings is 1. The Kier molecular flexibility index (Phi) is 5.95. The van der Waals surface area contributed by atoms with Gasteiger partial charge in [-0.1, -0.05) is 30.3 Å². The third-order valence-corrected chi connectivity index (χ3v) is 6.66. The van der Waals surface area contributed by atoms with E-state index in [1.165, 1.54) is 5.56 Å². The third-order valence-electron chi connectivity index (χ3n) is 5.36. The van der Waals surface area contributed by atoms with E-state index in [4.69, 9.17) is 4.74 Å². The number of hydrogen-bond acceptors (Lipinski definition) is 3. The van der Waals surface area contributed by atoms with Crippen LogP contribution in [0.2, 0.25) is 0 Å². The molecule has 25 heavy (non-hydrogen) atoms. The SMILES string of the molecule is CN=C(NCC1(c2ccccc2)CCOCC1)N1CCSC(C)(C)C1. The average Bonchev–Trinajstić information content (AvgIpc) is 2.63. The zero-order valence-corrected chi connectivity index (χ0v) is 16.6. The van der Waals surface area contributed by atoms with E-state index < -0.39 is 0 Å². The molecule has 2 heterocycles. The molecule has 2 aliphatic rings. The molecule has 0 bridgehead atoms. The molecule has 0 aromatic heterocycles. The van der Waals surface area contributed by atoms with E-state index in [0.29, 0.717) is 0 Å². The highest BCUT2D eigenvalue weighted by molar-refractivity contribution is 8.00. The quantitative estimate of drug-likeness (QED) is 0.663. The lowest BCUT2D eigenvalue weighted by Gasteiger charge is -2.42. The lowest BCUT2D eigenvalue weighted by atomic mass is 9.74. The number of aliphatic imine (C=N–C) groups is 1. The van der Waals surface area contributed by atoms with Gasteiger partial charge in [0.2, 0.25) is 0 Å². The summed E-state index contributed by atoms with van der Waals surface area (Å²) in [6.07, 6.45) is 2.12. The lowest BCUT2D eigenvalue weighted by molar-refractivity contribution is 0.0511. The number of ether oxygens (including phenoxy) is 1. The number of nitrogens with zero attached hydrogens (tertiary/aromatic N) is 2. The highest BCUT2D eigenvalue weighted by Gasteiger charge is 2.35. The van der Waals surface area contributed by atoms with Crippen LogP contribution in [0.15, 0.2) is 35.3 Å². The predicted molar refractivity (Wildman–Crippen MR) is 108 cm³/mol. The molecule has 5 heteroatoms. The van der Waals surface area contributed by atoms with E-state index in [9.17, 15) is 0 Å². The summed E-state index contributed by atoms with van der Waals surface area (Å²) in [5.74, 6) is 2.20. The van der Waals surface area contributed by atoms with Crippen LogP contribution < -0.4 is 5.32 Å². The van der Waals surface area contributed by atoms with Gasteiger partial charge in [0.15, 0.2) is 5.96 Å². The number of thioether (sulfide) groups is 1. The van der Waals surface area contributed by atoms with Crippen molar-refractivity contribution < 1.29 is 4.74 Å². The van der Waals surface area contributed by atoms with Crippen LogP contribution in [0.5, 0.6) is 0 Å². The standard InChI is InChI=1S/C20H31N3OS/c1-19(2)16-23(11-14-25-19)18(21-3)22-15-20(9-12-24-13-10-20)17-7-5-4-6-8-17/h4-8H,9-16H2,1-3H3,(H,21,22). The van der Waals surface area contributed by atoms with Gasteiger partial charge in [0.05, 0.1) is 0 Å². The van der Waals surface area contributed by atoms with Crippen molar-refractivity contribution in [3.63, 3.8) is 0 Å². The van der Waals surface area contributed by atoms with Crippen LogP contribution >= 0.6 is 11.8 Å². The van der Waals surface area contributed by atoms with E-state index in [1.807, 2.05) is 7.05 Å². The minimum Gasteiger partial charge on any atom is -0.381 e. The Balaban J connectivity index is 1.72. The van der Waals surface area contributed by atoms with Gasteiger partial charge in [0.25, 0.3) is 0 Å². The molecule has 2 fully saturated rings. The van der Waals surface area contributed by atoms with Crippen LogP contribution in [0.4, 0.5) is 0 Å². The first kappa shape index (κ1) is 18.6. The molecule has 138 valence electrons. The zero-order valence-electron chi connectivity index (χ0n) is 15.8. The summed E-state index contributed by atoms with van der Waals surface area (Å²) in [6.45, 7) is 9.33. The van der Waals surface area contributed by atoms with Crippen molar-refractivity contribution in [2.45, 2.75) is 36.9 Å². The van der Waals surface area contributed by atoms with Gasteiger partial charge in [-0.05, 0) is 32.3 Å². The van der Waals surface area contributed by atoms with E-state index in [-0.39, 0.29) is 10.2 Å². The van der Waals surface area contributed by atoms with Gasteiger partial charge < -0.3 is 15.0 Å².